The third-order valence-corrected chi connectivity index (χ3v) is 8.19. The molecule has 0 saturated carbocycles. The Kier molecular flexibility index (Phi) is 6.28. The van der Waals surface area contributed by atoms with Crippen LogP contribution in [0, 0.1) is 5.82 Å². The number of amides is 1. The van der Waals surface area contributed by atoms with Crippen LogP contribution in [-0.4, -0.2) is 77.3 Å². The van der Waals surface area contributed by atoms with Crippen molar-refractivity contribution in [1.82, 2.24) is 25.1 Å². The third-order valence-electron chi connectivity index (χ3n) is 6.39. The van der Waals surface area contributed by atoms with Crippen LogP contribution in [0.1, 0.15) is 18.0 Å². The summed E-state index contributed by atoms with van der Waals surface area (Å²) in [7, 11) is -2.57. The van der Waals surface area contributed by atoms with Crippen LogP contribution < -0.4 is 10.6 Å². The molecule has 1 aromatic heterocycles. The number of tetrazole rings is 1. The molecule has 2 aromatic carbocycles. The Bertz CT molecular complexity index is 1450. The standard InChI is InChI=1S/C23H24F3N7O3S/c1-31-11-15(9-23(25,26)13-31)33-29-21(28-30-33)16-7-19-20(8-17(16)24)37(35,36)12-18(27)22(34)32(19)10-14-5-3-2-4-6-14/h2-8,15,18H,9-13,27H2,1H3/t15?,18-/m0/s1. The Labute approximate surface area is 210 Å². The molecular formula is C23H24F3N7O3S. The Morgan fingerprint density at radius 2 is 1.92 bits per heavy atom. The van der Waals surface area contributed by atoms with Gasteiger partial charge in [-0.1, -0.05) is 30.3 Å². The molecule has 37 heavy (non-hydrogen) atoms. The van der Waals surface area contributed by atoms with E-state index in [0.29, 0.717) is 5.56 Å². The molecule has 1 unspecified atom stereocenters. The number of fused-ring (bicyclic) bond motifs is 1. The van der Waals surface area contributed by atoms with Gasteiger partial charge >= 0.3 is 0 Å². The molecule has 1 saturated heterocycles. The van der Waals surface area contributed by atoms with Gasteiger partial charge in [-0.05, 0) is 30.0 Å². The molecule has 1 fully saturated rings. The predicted octanol–water partition coefficient (Wildman–Crippen LogP) is 1.64. The average molecular weight is 536 g/mol. The zero-order chi connectivity index (χ0) is 26.5. The number of piperidine rings is 1. The molecule has 2 atom stereocenters. The minimum atomic E-state index is -4.12. The van der Waals surface area contributed by atoms with Crippen molar-refractivity contribution in [2.75, 3.05) is 30.8 Å². The molecule has 0 spiro atoms. The van der Waals surface area contributed by atoms with Crippen LogP contribution in [0.5, 0.6) is 0 Å². The number of aromatic nitrogens is 4. The highest BCUT2D eigenvalue weighted by molar-refractivity contribution is 7.91. The summed E-state index contributed by atoms with van der Waals surface area (Å²) < 4.78 is 69.4. The van der Waals surface area contributed by atoms with E-state index in [1.807, 2.05) is 0 Å². The zero-order valence-corrected chi connectivity index (χ0v) is 20.6. The summed E-state index contributed by atoms with van der Waals surface area (Å²) in [5.41, 5.74) is 6.32. The second kappa shape index (κ2) is 9.19. The number of nitrogens with zero attached hydrogens (tertiary/aromatic N) is 6. The van der Waals surface area contributed by atoms with Gasteiger partial charge in [0.2, 0.25) is 11.7 Å². The largest absolute Gasteiger partial charge is 0.319 e. The average Bonchev–Trinajstić information content (AvgIpc) is 3.29. The normalized spacial score (nSPS) is 23.5. The molecule has 2 aliphatic heterocycles. The molecule has 0 aliphatic carbocycles. The highest BCUT2D eigenvalue weighted by Crippen LogP contribution is 2.37. The second-order valence-corrected chi connectivity index (χ2v) is 11.4. The fourth-order valence-electron chi connectivity index (χ4n) is 4.76. The van der Waals surface area contributed by atoms with E-state index in [1.165, 1.54) is 15.9 Å². The van der Waals surface area contributed by atoms with E-state index in [1.54, 1.807) is 37.4 Å². The number of hydrogen-bond acceptors (Lipinski definition) is 8. The van der Waals surface area contributed by atoms with Crippen molar-refractivity contribution in [3.63, 3.8) is 0 Å². The summed E-state index contributed by atoms with van der Waals surface area (Å²) in [6.07, 6.45) is -0.505. The van der Waals surface area contributed by atoms with Gasteiger partial charge in [-0.25, -0.2) is 21.6 Å². The maximum absolute atomic E-state index is 15.3. The second-order valence-electron chi connectivity index (χ2n) is 9.44. The molecule has 3 aromatic rings. The number of likely N-dealkylation sites (N-methyl/N-ethyl adjacent to an activating group) is 1. The van der Waals surface area contributed by atoms with Crippen LogP contribution in [-0.2, 0) is 21.2 Å². The Morgan fingerprint density at radius 1 is 1.19 bits per heavy atom. The summed E-state index contributed by atoms with van der Waals surface area (Å²) in [5, 5.41) is 11.8. The number of carbonyl (C=O) groups excluding carboxylic acids is 1. The van der Waals surface area contributed by atoms with Gasteiger partial charge in [0.1, 0.15) is 5.82 Å². The van der Waals surface area contributed by atoms with Crippen LogP contribution in [0.15, 0.2) is 47.4 Å². The van der Waals surface area contributed by atoms with Gasteiger partial charge in [0, 0.05) is 13.0 Å². The van der Waals surface area contributed by atoms with E-state index in [4.69, 9.17) is 5.73 Å². The topological polar surface area (TPSA) is 127 Å². The first-order valence-electron chi connectivity index (χ1n) is 11.5. The number of nitrogens with two attached hydrogens (primary N) is 1. The van der Waals surface area contributed by atoms with Gasteiger partial charge < -0.3 is 10.6 Å². The van der Waals surface area contributed by atoms with Crippen molar-refractivity contribution in [3.05, 3.63) is 53.8 Å². The lowest BCUT2D eigenvalue weighted by atomic mass is 10.0. The lowest BCUT2D eigenvalue weighted by molar-refractivity contribution is -0.119. The van der Waals surface area contributed by atoms with Crippen LogP contribution in [0.25, 0.3) is 11.4 Å². The summed E-state index contributed by atoms with van der Waals surface area (Å²) in [6.45, 7) is -0.162. The van der Waals surface area contributed by atoms with Crippen molar-refractivity contribution in [3.8, 4) is 11.4 Å². The van der Waals surface area contributed by atoms with Crippen molar-refractivity contribution in [1.29, 1.82) is 0 Å². The van der Waals surface area contributed by atoms with E-state index >= 15 is 4.39 Å². The van der Waals surface area contributed by atoms with Crippen molar-refractivity contribution in [2.45, 2.75) is 35.9 Å². The molecular weight excluding hydrogens is 511 g/mol. The maximum atomic E-state index is 15.3. The fraction of sp³-hybridized carbons (Fsp3) is 0.391. The number of likely N-dealkylation sites (tertiary alicyclic amines) is 1. The Balaban J connectivity index is 1.58. The molecule has 14 heteroatoms. The third kappa shape index (κ3) is 4.95. The number of halogens is 3. The quantitative estimate of drug-likeness (QED) is 0.534. The number of hydrogen-bond donors (Lipinski definition) is 1. The summed E-state index contributed by atoms with van der Waals surface area (Å²) >= 11 is 0. The van der Waals surface area contributed by atoms with Crippen LogP contribution in [0.2, 0.25) is 0 Å². The lowest BCUT2D eigenvalue weighted by Gasteiger charge is -2.34. The lowest BCUT2D eigenvalue weighted by Crippen LogP contribution is -2.46. The minimum Gasteiger partial charge on any atom is -0.319 e. The molecule has 0 bridgehead atoms. The van der Waals surface area contributed by atoms with Gasteiger partial charge in [-0.3, -0.25) is 9.69 Å². The van der Waals surface area contributed by atoms with E-state index in [-0.39, 0.29) is 35.1 Å². The number of anilines is 1. The maximum Gasteiger partial charge on any atom is 0.262 e. The number of carbonyl (C=O) groups is 1. The van der Waals surface area contributed by atoms with Gasteiger partial charge in [-0.2, -0.15) is 4.80 Å². The summed E-state index contributed by atoms with van der Waals surface area (Å²) in [6, 6.07) is 8.67. The zero-order valence-electron chi connectivity index (χ0n) is 19.8. The Morgan fingerprint density at radius 3 is 2.62 bits per heavy atom. The van der Waals surface area contributed by atoms with Gasteiger partial charge in [0.05, 0.1) is 47.1 Å². The molecule has 2 aliphatic rings. The van der Waals surface area contributed by atoms with Crippen molar-refractivity contribution in [2.24, 2.45) is 5.73 Å². The first-order chi connectivity index (χ1) is 17.4. The monoisotopic (exact) mass is 535 g/mol. The van der Waals surface area contributed by atoms with Crippen LogP contribution in [0.4, 0.5) is 18.9 Å². The number of alkyl halides is 2. The molecule has 0 radical (unpaired) electrons. The Hall–Kier alpha value is -3.36. The van der Waals surface area contributed by atoms with Crippen molar-refractivity contribution >= 4 is 21.4 Å². The van der Waals surface area contributed by atoms with E-state index < -0.39 is 58.3 Å². The molecule has 3 heterocycles. The van der Waals surface area contributed by atoms with E-state index in [9.17, 15) is 22.0 Å². The highest BCUT2D eigenvalue weighted by atomic mass is 32.2. The first kappa shape index (κ1) is 25.3. The summed E-state index contributed by atoms with van der Waals surface area (Å²) in [4.78, 5) is 16.4. The van der Waals surface area contributed by atoms with Crippen LogP contribution >= 0.6 is 0 Å². The van der Waals surface area contributed by atoms with Gasteiger partial charge in [0.25, 0.3) is 5.92 Å². The minimum absolute atomic E-state index is 0.00935. The smallest absolute Gasteiger partial charge is 0.262 e. The van der Waals surface area contributed by atoms with Crippen molar-refractivity contribution < 1.29 is 26.4 Å². The SMILES string of the molecule is CN1CC(n2nnc(-c3cc4c(cc3F)S(=O)(=O)C[C@H](N)C(=O)N4Cc3ccccc3)n2)CC(F)(F)C1. The van der Waals surface area contributed by atoms with Gasteiger partial charge in [0.15, 0.2) is 9.84 Å². The molecule has 10 nitrogen and oxygen atoms in total. The fourth-order valence-corrected chi connectivity index (χ4v) is 6.32. The number of rotatable bonds is 4. The molecule has 1 amide bonds. The summed E-state index contributed by atoms with van der Waals surface area (Å²) in [5.74, 6) is -5.47. The molecule has 196 valence electrons. The van der Waals surface area contributed by atoms with Crippen LogP contribution in [0.3, 0.4) is 0 Å². The predicted molar refractivity (Wildman–Crippen MR) is 127 cm³/mol. The molecule has 5 rings (SSSR count). The number of sulfone groups is 1. The van der Waals surface area contributed by atoms with Gasteiger partial charge in [-0.15, -0.1) is 10.2 Å². The van der Waals surface area contributed by atoms with E-state index in [0.717, 1.165) is 10.9 Å². The number of benzene rings is 2. The van der Waals surface area contributed by atoms with E-state index in [2.05, 4.69) is 15.4 Å². The molecule has 2 N–H and O–H groups in total. The first-order valence-corrected chi connectivity index (χ1v) is 13.1. The highest BCUT2D eigenvalue weighted by Gasteiger charge is 2.41.